The Hall–Kier alpha value is -1.48. The normalized spacial score (nSPS) is 20.0. The molecule has 0 radical (unpaired) electrons. The molecule has 1 nitrogen and oxygen atoms in total. The molecule has 1 aliphatic rings. The number of halogens is 3. The van der Waals surface area contributed by atoms with E-state index < -0.39 is 11.8 Å². The minimum atomic E-state index is -1.16. The smallest absolute Gasteiger partial charge is 0.205 e. The first kappa shape index (κ1) is 20.3. The second-order valence-corrected chi connectivity index (χ2v) is 8.22. The van der Waals surface area contributed by atoms with Gasteiger partial charge in [-0.1, -0.05) is 87.7 Å². The van der Waals surface area contributed by atoms with Crippen LogP contribution in [0.2, 0.25) is 5.15 Å². The molecule has 2 aromatic rings. The van der Waals surface area contributed by atoms with Crippen LogP contribution >= 0.6 is 11.6 Å². The molecule has 1 heterocycles. The van der Waals surface area contributed by atoms with Crippen LogP contribution in [0.5, 0.6) is 0 Å². The van der Waals surface area contributed by atoms with Crippen molar-refractivity contribution in [2.24, 2.45) is 11.8 Å². The maximum atomic E-state index is 13.5. The first-order chi connectivity index (χ1) is 13.1. The molecule has 0 atom stereocenters. The van der Waals surface area contributed by atoms with Gasteiger partial charge in [0.1, 0.15) is 5.15 Å². The van der Waals surface area contributed by atoms with E-state index in [-0.39, 0.29) is 5.15 Å². The highest BCUT2D eigenvalue weighted by atomic mass is 35.5. The number of rotatable bonds is 7. The maximum Gasteiger partial charge on any atom is 0.250 e. The summed E-state index contributed by atoms with van der Waals surface area (Å²) in [4.78, 5) is 3.42. The highest BCUT2D eigenvalue weighted by Crippen LogP contribution is 2.34. The minimum absolute atomic E-state index is 0.0125. The number of hydrogen-bond acceptors (Lipinski definition) is 1. The fourth-order valence-electron chi connectivity index (χ4n) is 4.17. The van der Waals surface area contributed by atoms with Crippen LogP contribution in [0.1, 0.15) is 63.9 Å². The van der Waals surface area contributed by atoms with Gasteiger partial charge in [0.2, 0.25) is 5.95 Å². The lowest BCUT2D eigenvalue weighted by Gasteiger charge is -2.28. The Morgan fingerprint density at radius 1 is 1.00 bits per heavy atom. The number of aromatic nitrogens is 1. The number of hydrogen-bond donors (Lipinski definition) is 0. The second kappa shape index (κ2) is 9.64. The van der Waals surface area contributed by atoms with Gasteiger partial charge in [-0.3, -0.25) is 0 Å². The Morgan fingerprint density at radius 2 is 1.63 bits per heavy atom. The van der Waals surface area contributed by atoms with Gasteiger partial charge >= 0.3 is 0 Å². The molecule has 1 aliphatic carbocycles. The summed E-state index contributed by atoms with van der Waals surface area (Å²) in [5.41, 5.74) is 2.46. The molecule has 0 amide bonds. The third-order valence-corrected chi connectivity index (χ3v) is 6.21. The van der Waals surface area contributed by atoms with Gasteiger partial charge in [-0.2, -0.15) is 4.39 Å². The van der Waals surface area contributed by atoms with Crippen molar-refractivity contribution in [3.63, 3.8) is 0 Å². The highest BCUT2D eigenvalue weighted by Gasteiger charge is 2.20. The molecule has 1 aromatic carbocycles. The van der Waals surface area contributed by atoms with E-state index in [1.807, 2.05) is 12.1 Å². The van der Waals surface area contributed by atoms with Crippen LogP contribution in [0.3, 0.4) is 0 Å². The first-order valence-corrected chi connectivity index (χ1v) is 10.6. The molecule has 0 unspecified atom stereocenters. The summed E-state index contributed by atoms with van der Waals surface area (Å²) in [5, 5.41) is -0.0125. The SMILES string of the molecule is CCCC[C@H]1CC[C@H](CCc2ccc(-c3cc(F)c(F)nc3Cl)cc2)CC1. The predicted octanol–water partition coefficient (Wildman–Crippen LogP) is 7.61. The lowest BCUT2D eigenvalue weighted by Crippen LogP contribution is -2.15. The quantitative estimate of drug-likeness (QED) is 0.442. The topological polar surface area (TPSA) is 12.9 Å². The van der Waals surface area contributed by atoms with E-state index in [1.165, 1.54) is 56.9 Å². The fraction of sp³-hybridized carbons (Fsp3) is 0.522. The van der Waals surface area contributed by atoms with Crippen molar-refractivity contribution in [1.82, 2.24) is 4.98 Å². The zero-order valence-corrected chi connectivity index (χ0v) is 16.7. The summed E-state index contributed by atoms with van der Waals surface area (Å²) in [6, 6.07) is 9.05. The Bertz CT molecular complexity index is 737. The van der Waals surface area contributed by atoms with Crippen LogP contribution in [-0.4, -0.2) is 4.98 Å². The third-order valence-electron chi connectivity index (χ3n) is 5.93. The van der Waals surface area contributed by atoms with Crippen molar-refractivity contribution in [3.05, 3.63) is 52.8 Å². The molecule has 3 rings (SSSR count). The summed E-state index contributed by atoms with van der Waals surface area (Å²) >= 11 is 5.96. The minimum Gasteiger partial charge on any atom is -0.205 e. The van der Waals surface area contributed by atoms with Crippen LogP contribution < -0.4 is 0 Å². The van der Waals surface area contributed by atoms with Crippen molar-refractivity contribution in [2.75, 3.05) is 0 Å². The van der Waals surface area contributed by atoms with Crippen LogP contribution in [0.4, 0.5) is 8.78 Å². The summed E-state index contributed by atoms with van der Waals surface area (Å²) in [6.45, 7) is 2.27. The van der Waals surface area contributed by atoms with E-state index in [2.05, 4.69) is 24.0 Å². The van der Waals surface area contributed by atoms with Gasteiger partial charge in [0.15, 0.2) is 5.82 Å². The average molecular weight is 392 g/mol. The van der Waals surface area contributed by atoms with Gasteiger partial charge in [-0.25, -0.2) is 9.37 Å². The third kappa shape index (κ3) is 5.51. The molecule has 0 N–H and O–H groups in total. The van der Waals surface area contributed by atoms with Crippen LogP contribution in [0.15, 0.2) is 30.3 Å². The lowest BCUT2D eigenvalue weighted by atomic mass is 9.78. The Balaban J connectivity index is 1.52. The Labute approximate surface area is 166 Å². The van der Waals surface area contributed by atoms with Crippen molar-refractivity contribution in [2.45, 2.75) is 64.7 Å². The van der Waals surface area contributed by atoms with Gasteiger partial charge in [0.05, 0.1) is 0 Å². The number of benzene rings is 1. The second-order valence-electron chi connectivity index (χ2n) is 7.86. The van der Waals surface area contributed by atoms with E-state index in [9.17, 15) is 8.78 Å². The monoisotopic (exact) mass is 391 g/mol. The molecule has 4 heteroatoms. The predicted molar refractivity (Wildman–Crippen MR) is 108 cm³/mol. The number of nitrogens with zero attached hydrogens (tertiary/aromatic N) is 1. The molecule has 0 spiro atoms. The Morgan fingerprint density at radius 3 is 2.26 bits per heavy atom. The molecule has 0 aliphatic heterocycles. The first-order valence-electron chi connectivity index (χ1n) is 10.2. The largest absolute Gasteiger partial charge is 0.250 e. The summed E-state index contributed by atoms with van der Waals surface area (Å²) in [5.74, 6) is -0.347. The molecule has 1 aromatic heterocycles. The van der Waals surface area contributed by atoms with Gasteiger partial charge < -0.3 is 0 Å². The van der Waals surface area contributed by atoms with Crippen LogP contribution in [0.25, 0.3) is 11.1 Å². The zero-order valence-electron chi connectivity index (χ0n) is 16.0. The zero-order chi connectivity index (χ0) is 19.2. The van der Waals surface area contributed by atoms with E-state index in [4.69, 9.17) is 11.6 Å². The number of aryl methyl sites for hydroxylation is 1. The molecular weight excluding hydrogens is 364 g/mol. The molecule has 0 bridgehead atoms. The number of pyridine rings is 1. The standard InChI is InChI=1S/C23H28ClF2N/c1-2-3-4-16-5-7-17(8-6-16)9-10-18-11-13-19(14-12-18)20-15-21(25)23(26)27-22(20)24/h11-17H,2-10H2,1H3/t16-,17-. The summed E-state index contributed by atoms with van der Waals surface area (Å²) in [6.07, 6.45) is 11.9. The van der Waals surface area contributed by atoms with Gasteiger partial charge in [0.25, 0.3) is 0 Å². The van der Waals surface area contributed by atoms with Crippen molar-refractivity contribution >= 4 is 11.6 Å². The molecule has 146 valence electrons. The van der Waals surface area contributed by atoms with E-state index >= 15 is 0 Å². The molecular formula is C23H28ClF2N. The maximum absolute atomic E-state index is 13.5. The molecule has 27 heavy (non-hydrogen) atoms. The Kier molecular flexibility index (Phi) is 7.23. The van der Waals surface area contributed by atoms with E-state index in [0.29, 0.717) is 5.56 Å². The van der Waals surface area contributed by atoms with Crippen molar-refractivity contribution < 1.29 is 8.78 Å². The van der Waals surface area contributed by atoms with Gasteiger partial charge in [0, 0.05) is 5.56 Å². The van der Waals surface area contributed by atoms with Crippen molar-refractivity contribution in [3.8, 4) is 11.1 Å². The van der Waals surface area contributed by atoms with E-state index in [0.717, 1.165) is 29.9 Å². The van der Waals surface area contributed by atoms with Crippen LogP contribution in [0, 0.1) is 23.6 Å². The summed E-state index contributed by atoms with van der Waals surface area (Å²) in [7, 11) is 0. The average Bonchev–Trinajstić information content (AvgIpc) is 2.69. The highest BCUT2D eigenvalue weighted by molar-refractivity contribution is 6.32. The molecule has 0 saturated heterocycles. The number of unbranched alkanes of at least 4 members (excludes halogenated alkanes) is 1. The summed E-state index contributed by atoms with van der Waals surface area (Å²) < 4.78 is 26.6. The fourth-order valence-corrected chi connectivity index (χ4v) is 4.41. The molecule has 1 saturated carbocycles. The van der Waals surface area contributed by atoms with Crippen LogP contribution in [-0.2, 0) is 6.42 Å². The van der Waals surface area contributed by atoms with E-state index in [1.54, 1.807) is 0 Å². The van der Waals surface area contributed by atoms with Crippen molar-refractivity contribution in [1.29, 1.82) is 0 Å². The molecule has 1 fully saturated rings. The lowest BCUT2D eigenvalue weighted by molar-refractivity contribution is 0.250. The van der Waals surface area contributed by atoms with Gasteiger partial charge in [-0.15, -0.1) is 0 Å². The van der Waals surface area contributed by atoms with Gasteiger partial charge in [-0.05, 0) is 41.9 Å².